The normalized spacial score (nSPS) is 14.8. The fraction of sp³-hybridized carbons (Fsp3) is 0.500. The fourth-order valence-corrected chi connectivity index (χ4v) is 3.77. The fourth-order valence-electron chi connectivity index (χ4n) is 3.77. The molecule has 0 spiro atoms. The van der Waals surface area contributed by atoms with Gasteiger partial charge in [-0.05, 0) is 19.1 Å². The SMILES string of the molecule is Cc1cc(N2CCN(CC(=O)N(C)CC(=O)Nc3ccccc3C(F)(F)F)CC2)nc(C(C)C)n1. The lowest BCUT2D eigenvalue weighted by atomic mass is 10.1. The van der Waals surface area contributed by atoms with Crippen LogP contribution in [0.4, 0.5) is 24.7 Å². The molecule has 2 amide bonds. The van der Waals surface area contributed by atoms with E-state index < -0.39 is 17.6 Å². The summed E-state index contributed by atoms with van der Waals surface area (Å²) in [4.78, 5) is 39.5. The molecule has 0 aliphatic carbocycles. The lowest BCUT2D eigenvalue weighted by Gasteiger charge is -2.35. The Bertz CT molecular complexity index is 1050. The Labute approximate surface area is 203 Å². The minimum Gasteiger partial charge on any atom is -0.354 e. The number of anilines is 2. The Balaban J connectivity index is 1.50. The Morgan fingerprint density at radius 3 is 2.40 bits per heavy atom. The Kier molecular flexibility index (Phi) is 8.31. The van der Waals surface area contributed by atoms with Crippen molar-refractivity contribution in [1.82, 2.24) is 19.8 Å². The van der Waals surface area contributed by atoms with Crippen molar-refractivity contribution in [1.29, 1.82) is 0 Å². The Hall–Kier alpha value is -3.21. The average Bonchev–Trinajstić information content (AvgIpc) is 2.78. The number of hydrogen-bond acceptors (Lipinski definition) is 6. The first-order chi connectivity index (χ1) is 16.4. The van der Waals surface area contributed by atoms with E-state index >= 15 is 0 Å². The van der Waals surface area contributed by atoms with Crippen molar-refractivity contribution in [3.05, 3.63) is 47.4 Å². The monoisotopic (exact) mass is 492 g/mol. The number of benzene rings is 1. The maximum atomic E-state index is 13.1. The average molecular weight is 493 g/mol. The number of halogens is 3. The summed E-state index contributed by atoms with van der Waals surface area (Å²) in [5.41, 5.74) is -0.351. The smallest absolute Gasteiger partial charge is 0.354 e. The third kappa shape index (κ3) is 7.14. The number of aromatic nitrogens is 2. The maximum Gasteiger partial charge on any atom is 0.418 e. The molecule has 1 aliphatic rings. The van der Waals surface area contributed by atoms with E-state index in [0.29, 0.717) is 26.2 Å². The highest BCUT2D eigenvalue weighted by Crippen LogP contribution is 2.34. The molecule has 1 aliphatic heterocycles. The lowest BCUT2D eigenvalue weighted by molar-refractivity contribution is -0.137. The zero-order chi connectivity index (χ0) is 25.8. The van der Waals surface area contributed by atoms with Crippen LogP contribution in [-0.2, 0) is 15.8 Å². The van der Waals surface area contributed by atoms with E-state index in [-0.39, 0.29) is 30.6 Å². The van der Waals surface area contributed by atoms with Gasteiger partial charge in [0.2, 0.25) is 11.8 Å². The van der Waals surface area contributed by atoms with Crippen molar-refractivity contribution in [2.75, 3.05) is 56.5 Å². The molecule has 0 saturated carbocycles. The lowest BCUT2D eigenvalue weighted by Crippen LogP contribution is -2.50. The van der Waals surface area contributed by atoms with Crippen molar-refractivity contribution in [2.24, 2.45) is 0 Å². The number of rotatable bonds is 7. The number of likely N-dealkylation sites (N-methyl/N-ethyl adjacent to an activating group) is 1. The number of piperazine rings is 1. The molecule has 8 nitrogen and oxygen atoms in total. The minimum absolute atomic E-state index is 0.122. The van der Waals surface area contributed by atoms with Crippen molar-refractivity contribution >= 4 is 23.3 Å². The van der Waals surface area contributed by atoms with Crippen molar-refractivity contribution < 1.29 is 22.8 Å². The predicted octanol–water partition coefficient (Wildman–Crippen LogP) is 3.15. The van der Waals surface area contributed by atoms with E-state index in [9.17, 15) is 22.8 Å². The van der Waals surface area contributed by atoms with Gasteiger partial charge in [-0.2, -0.15) is 13.2 Å². The molecule has 35 heavy (non-hydrogen) atoms. The van der Waals surface area contributed by atoms with E-state index in [1.54, 1.807) is 0 Å². The molecule has 0 radical (unpaired) electrons. The molecule has 1 aromatic heterocycles. The minimum atomic E-state index is -4.59. The van der Waals surface area contributed by atoms with Crippen molar-refractivity contribution in [3.63, 3.8) is 0 Å². The molecular weight excluding hydrogens is 461 g/mol. The second kappa shape index (κ2) is 11.0. The van der Waals surface area contributed by atoms with Crippen LogP contribution in [0.15, 0.2) is 30.3 Å². The number of para-hydroxylation sites is 1. The van der Waals surface area contributed by atoms with Gasteiger partial charge in [-0.3, -0.25) is 14.5 Å². The number of carbonyl (C=O) groups is 2. The van der Waals surface area contributed by atoms with Crippen LogP contribution in [-0.4, -0.2) is 77.9 Å². The number of aryl methyl sites for hydroxylation is 1. The zero-order valence-corrected chi connectivity index (χ0v) is 20.4. The van der Waals surface area contributed by atoms with E-state index in [0.717, 1.165) is 23.4 Å². The topological polar surface area (TPSA) is 81.7 Å². The number of nitrogens with one attached hydrogen (secondary N) is 1. The molecule has 0 atom stereocenters. The first-order valence-electron chi connectivity index (χ1n) is 11.5. The summed E-state index contributed by atoms with van der Waals surface area (Å²) in [6, 6.07) is 6.70. The highest BCUT2D eigenvalue weighted by atomic mass is 19.4. The second-order valence-electron chi connectivity index (χ2n) is 8.98. The summed E-state index contributed by atoms with van der Waals surface area (Å²) < 4.78 is 39.4. The molecule has 0 unspecified atom stereocenters. The Morgan fingerprint density at radius 2 is 1.77 bits per heavy atom. The summed E-state index contributed by atoms with van der Waals surface area (Å²) in [5.74, 6) is 0.929. The summed E-state index contributed by atoms with van der Waals surface area (Å²) in [5, 5.41) is 2.26. The molecule has 1 N–H and O–H groups in total. The van der Waals surface area contributed by atoms with Crippen LogP contribution in [0.3, 0.4) is 0 Å². The summed E-state index contributed by atoms with van der Waals surface area (Å²) in [6.07, 6.45) is -4.59. The van der Waals surface area contributed by atoms with Crippen LogP contribution >= 0.6 is 0 Å². The standard InChI is InChI=1S/C24H31F3N6O2/c1-16(2)23-28-17(3)13-20(30-23)33-11-9-32(10-12-33)15-22(35)31(4)14-21(34)29-19-8-6-5-7-18(19)24(25,26)27/h5-8,13,16H,9-12,14-15H2,1-4H3,(H,29,34). The summed E-state index contributed by atoms with van der Waals surface area (Å²) in [6.45, 7) is 8.50. The molecule has 11 heteroatoms. The quantitative estimate of drug-likeness (QED) is 0.640. The van der Waals surface area contributed by atoms with Crippen LogP contribution < -0.4 is 10.2 Å². The number of hydrogen-bond donors (Lipinski definition) is 1. The van der Waals surface area contributed by atoms with Gasteiger partial charge >= 0.3 is 6.18 Å². The van der Waals surface area contributed by atoms with Gasteiger partial charge < -0.3 is 15.1 Å². The van der Waals surface area contributed by atoms with E-state index in [2.05, 4.69) is 20.2 Å². The van der Waals surface area contributed by atoms with Crippen LogP contribution in [0, 0.1) is 6.92 Å². The summed E-state index contributed by atoms with van der Waals surface area (Å²) in [7, 11) is 1.46. The first-order valence-corrected chi connectivity index (χ1v) is 11.5. The zero-order valence-electron chi connectivity index (χ0n) is 20.4. The molecule has 2 heterocycles. The molecule has 3 rings (SSSR count). The number of carbonyl (C=O) groups excluding carboxylic acids is 2. The molecule has 1 aromatic carbocycles. The van der Waals surface area contributed by atoms with Crippen LogP contribution in [0.5, 0.6) is 0 Å². The highest BCUT2D eigenvalue weighted by Gasteiger charge is 2.33. The van der Waals surface area contributed by atoms with Gasteiger partial charge in [0.1, 0.15) is 11.6 Å². The molecule has 1 saturated heterocycles. The maximum absolute atomic E-state index is 13.1. The van der Waals surface area contributed by atoms with E-state index in [1.807, 2.05) is 31.7 Å². The van der Waals surface area contributed by atoms with Gasteiger partial charge in [-0.1, -0.05) is 26.0 Å². The third-order valence-electron chi connectivity index (χ3n) is 5.74. The van der Waals surface area contributed by atoms with Crippen LogP contribution in [0.1, 0.15) is 36.8 Å². The molecule has 190 valence electrons. The third-order valence-corrected chi connectivity index (χ3v) is 5.74. The van der Waals surface area contributed by atoms with Crippen LogP contribution in [0.25, 0.3) is 0 Å². The molecular formula is C24H31F3N6O2. The second-order valence-corrected chi connectivity index (χ2v) is 8.98. The van der Waals surface area contributed by atoms with Gasteiger partial charge in [-0.15, -0.1) is 0 Å². The van der Waals surface area contributed by atoms with E-state index in [1.165, 1.54) is 30.1 Å². The molecule has 2 aromatic rings. The van der Waals surface area contributed by atoms with Gasteiger partial charge in [0.25, 0.3) is 0 Å². The van der Waals surface area contributed by atoms with Crippen molar-refractivity contribution in [2.45, 2.75) is 32.9 Å². The summed E-state index contributed by atoms with van der Waals surface area (Å²) >= 11 is 0. The molecule has 0 bridgehead atoms. The first kappa shape index (κ1) is 26.4. The highest BCUT2D eigenvalue weighted by molar-refractivity contribution is 5.95. The van der Waals surface area contributed by atoms with Gasteiger partial charge in [0.15, 0.2) is 0 Å². The number of nitrogens with zero attached hydrogens (tertiary/aromatic N) is 5. The van der Waals surface area contributed by atoms with Crippen LogP contribution in [0.2, 0.25) is 0 Å². The van der Waals surface area contributed by atoms with Crippen molar-refractivity contribution in [3.8, 4) is 0 Å². The largest absolute Gasteiger partial charge is 0.418 e. The molecule has 1 fully saturated rings. The predicted molar refractivity (Wildman–Crippen MR) is 127 cm³/mol. The van der Waals surface area contributed by atoms with Gasteiger partial charge in [0, 0.05) is 50.9 Å². The Morgan fingerprint density at radius 1 is 1.11 bits per heavy atom. The van der Waals surface area contributed by atoms with Gasteiger partial charge in [0.05, 0.1) is 24.3 Å². The number of amides is 2. The number of alkyl halides is 3. The van der Waals surface area contributed by atoms with E-state index in [4.69, 9.17) is 0 Å². The van der Waals surface area contributed by atoms with Gasteiger partial charge in [-0.25, -0.2) is 9.97 Å².